The Morgan fingerprint density at radius 3 is 2.21 bits per heavy atom. The zero-order valence-corrected chi connectivity index (χ0v) is 20.7. The highest BCUT2D eigenvalue weighted by Crippen LogP contribution is 2.24. The van der Waals surface area contributed by atoms with Gasteiger partial charge in [-0.3, -0.25) is 13.9 Å². The van der Waals surface area contributed by atoms with Crippen LogP contribution in [0.5, 0.6) is 5.75 Å². The van der Waals surface area contributed by atoms with Gasteiger partial charge in [0.25, 0.3) is 0 Å². The fourth-order valence-corrected chi connectivity index (χ4v) is 4.54. The van der Waals surface area contributed by atoms with E-state index in [-0.39, 0.29) is 12.5 Å². The predicted octanol–water partition coefficient (Wildman–Crippen LogP) is 2.58. The van der Waals surface area contributed by atoms with Gasteiger partial charge in [0.1, 0.15) is 18.3 Å². The van der Waals surface area contributed by atoms with Crippen LogP contribution >= 0.6 is 0 Å². The van der Waals surface area contributed by atoms with E-state index in [4.69, 9.17) is 4.74 Å². The average Bonchev–Trinajstić information content (AvgIpc) is 2.81. The number of amides is 2. The van der Waals surface area contributed by atoms with Gasteiger partial charge in [0, 0.05) is 13.6 Å². The van der Waals surface area contributed by atoms with Gasteiger partial charge in [0.2, 0.25) is 21.8 Å². The van der Waals surface area contributed by atoms with Crippen LogP contribution in [0.3, 0.4) is 0 Å². The third-order valence-corrected chi connectivity index (χ3v) is 6.59. The second-order valence-electron chi connectivity index (χ2n) is 7.66. The fraction of sp³-hybridized carbons (Fsp3) is 0.417. The Bertz CT molecular complexity index is 1050. The maximum absolute atomic E-state index is 13.5. The lowest BCUT2D eigenvalue weighted by molar-refractivity contribution is -0.140. The second-order valence-corrected chi connectivity index (χ2v) is 9.57. The highest BCUT2D eigenvalue weighted by molar-refractivity contribution is 7.92. The number of methoxy groups -OCH3 is 1. The van der Waals surface area contributed by atoms with Gasteiger partial charge >= 0.3 is 0 Å². The van der Waals surface area contributed by atoms with Gasteiger partial charge in [0.15, 0.2) is 0 Å². The van der Waals surface area contributed by atoms with E-state index < -0.39 is 28.5 Å². The maximum Gasteiger partial charge on any atom is 0.244 e. The SMILES string of the molecule is CCc1ccccc1N(CC(=O)N(Cc1ccc(OC)cc1)C(CC)C(=O)NC)S(C)(=O)=O. The van der Waals surface area contributed by atoms with Crippen LogP contribution in [0.1, 0.15) is 31.4 Å². The topological polar surface area (TPSA) is 96.0 Å². The van der Waals surface area contributed by atoms with Crippen LogP contribution < -0.4 is 14.4 Å². The number of anilines is 1. The summed E-state index contributed by atoms with van der Waals surface area (Å²) in [5.74, 6) is -0.0915. The Kier molecular flexibility index (Phi) is 9.28. The number of para-hydroxylation sites is 1. The lowest BCUT2D eigenvalue weighted by atomic mass is 10.1. The number of hydrogen-bond donors (Lipinski definition) is 1. The van der Waals surface area contributed by atoms with Crippen LogP contribution in [0.15, 0.2) is 48.5 Å². The Morgan fingerprint density at radius 2 is 1.70 bits per heavy atom. The number of carbonyl (C=O) groups excluding carboxylic acids is 2. The van der Waals surface area contributed by atoms with E-state index in [2.05, 4.69) is 5.32 Å². The molecule has 2 aromatic rings. The number of ether oxygens (including phenoxy) is 1. The van der Waals surface area contributed by atoms with Crippen molar-refractivity contribution in [3.63, 3.8) is 0 Å². The normalized spacial score (nSPS) is 12.0. The maximum atomic E-state index is 13.5. The standard InChI is InChI=1S/C24H33N3O5S/c1-6-19-10-8-9-11-22(19)27(33(5,30)31)17-23(28)26(21(7-2)24(29)25-3)16-18-12-14-20(32-4)15-13-18/h8-15,21H,6-7,16-17H2,1-5H3,(H,25,29). The summed E-state index contributed by atoms with van der Waals surface area (Å²) >= 11 is 0. The molecule has 0 aliphatic carbocycles. The monoisotopic (exact) mass is 475 g/mol. The van der Waals surface area contributed by atoms with Crippen LogP contribution in [0.2, 0.25) is 0 Å². The minimum absolute atomic E-state index is 0.155. The summed E-state index contributed by atoms with van der Waals surface area (Å²) in [6.45, 7) is 3.49. The largest absolute Gasteiger partial charge is 0.497 e. The molecule has 33 heavy (non-hydrogen) atoms. The van der Waals surface area contributed by atoms with E-state index in [1.165, 1.54) is 11.9 Å². The number of nitrogens with zero attached hydrogens (tertiary/aromatic N) is 2. The molecule has 2 rings (SSSR count). The minimum Gasteiger partial charge on any atom is -0.497 e. The van der Waals surface area contributed by atoms with Gasteiger partial charge in [-0.25, -0.2) is 8.42 Å². The number of likely N-dealkylation sites (N-methyl/N-ethyl adjacent to an activating group) is 1. The van der Waals surface area contributed by atoms with E-state index in [0.717, 1.165) is 21.7 Å². The number of aryl methyl sites for hydroxylation is 1. The van der Waals surface area contributed by atoms with Crippen molar-refractivity contribution in [2.24, 2.45) is 0 Å². The predicted molar refractivity (Wildman–Crippen MR) is 130 cm³/mol. The van der Waals surface area contributed by atoms with Gasteiger partial charge in [-0.15, -0.1) is 0 Å². The lowest BCUT2D eigenvalue weighted by Crippen LogP contribution is -2.51. The Balaban J connectivity index is 2.45. The summed E-state index contributed by atoms with van der Waals surface area (Å²) in [4.78, 5) is 27.6. The molecular formula is C24H33N3O5S. The van der Waals surface area contributed by atoms with E-state index >= 15 is 0 Å². The Labute approximate surface area is 196 Å². The third kappa shape index (κ3) is 6.71. The lowest BCUT2D eigenvalue weighted by Gasteiger charge is -2.33. The van der Waals surface area contributed by atoms with Crippen LogP contribution in [0.4, 0.5) is 5.69 Å². The van der Waals surface area contributed by atoms with Gasteiger partial charge in [-0.2, -0.15) is 0 Å². The van der Waals surface area contributed by atoms with Gasteiger partial charge in [0.05, 0.1) is 19.1 Å². The van der Waals surface area contributed by atoms with Crippen molar-refractivity contribution in [2.75, 3.05) is 31.3 Å². The summed E-state index contributed by atoms with van der Waals surface area (Å²) in [7, 11) is -0.668. The van der Waals surface area contributed by atoms with Crippen LogP contribution in [0, 0.1) is 0 Å². The molecule has 9 heteroatoms. The van der Waals surface area contributed by atoms with E-state index in [1.54, 1.807) is 31.4 Å². The molecule has 2 aromatic carbocycles. The summed E-state index contributed by atoms with van der Waals surface area (Å²) in [6.07, 6.45) is 2.07. The highest BCUT2D eigenvalue weighted by Gasteiger charge is 2.31. The quantitative estimate of drug-likeness (QED) is 0.539. The molecule has 0 heterocycles. The second kappa shape index (κ2) is 11.7. The number of rotatable bonds is 11. The number of hydrogen-bond acceptors (Lipinski definition) is 5. The van der Waals surface area contributed by atoms with Crippen molar-refractivity contribution in [3.8, 4) is 5.75 Å². The smallest absolute Gasteiger partial charge is 0.244 e. The summed E-state index contributed by atoms with van der Waals surface area (Å²) < 4.78 is 31.7. The molecule has 1 atom stereocenters. The van der Waals surface area contributed by atoms with Crippen LogP contribution in [-0.2, 0) is 32.6 Å². The Hall–Kier alpha value is -3.07. The molecule has 0 saturated heterocycles. The molecule has 2 amide bonds. The molecule has 0 bridgehead atoms. The molecule has 0 radical (unpaired) electrons. The highest BCUT2D eigenvalue weighted by atomic mass is 32.2. The molecule has 180 valence electrons. The van der Waals surface area contributed by atoms with Crippen molar-refractivity contribution < 1.29 is 22.7 Å². The van der Waals surface area contributed by atoms with E-state index in [9.17, 15) is 18.0 Å². The van der Waals surface area contributed by atoms with Crippen molar-refractivity contribution in [2.45, 2.75) is 39.3 Å². The summed E-state index contributed by atoms with van der Waals surface area (Å²) in [5.41, 5.74) is 2.08. The van der Waals surface area contributed by atoms with Crippen molar-refractivity contribution in [1.82, 2.24) is 10.2 Å². The first-order valence-electron chi connectivity index (χ1n) is 10.9. The number of carbonyl (C=O) groups is 2. The summed E-state index contributed by atoms with van der Waals surface area (Å²) in [5, 5.41) is 2.60. The first-order valence-corrected chi connectivity index (χ1v) is 12.7. The van der Waals surface area contributed by atoms with Crippen molar-refractivity contribution >= 4 is 27.5 Å². The van der Waals surface area contributed by atoms with E-state index in [1.807, 2.05) is 38.1 Å². The van der Waals surface area contributed by atoms with Crippen molar-refractivity contribution in [1.29, 1.82) is 0 Å². The zero-order valence-electron chi connectivity index (χ0n) is 19.9. The molecule has 8 nitrogen and oxygen atoms in total. The van der Waals surface area contributed by atoms with E-state index in [0.29, 0.717) is 24.3 Å². The molecular weight excluding hydrogens is 442 g/mol. The molecule has 0 aliphatic rings. The van der Waals surface area contributed by atoms with Gasteiger partial charge < -0.3 is 15.0 Å². The number of sulfonamides is 1. The zero-order chi connectivity index (χ0) is 24.6. The van der Waals surface area contributed by atoms with Crippen LogP contribution in [-0.4, -0.2) is 58.1 Å². The number of nitrogens with one attached hydrogen (secondary N) is 1. The molecule has 0 aromatic heterocycles. The first kappa shape index (κ1) is 26.2. The minimum atomic E-state index is -3.75. The van der Waals surface area contributed by atoms with Gasteiger partial charge in [-0.05, 0) is 42.2 Å². The third-order valence-electron chi connectivity index (χ3n) is 5.46. The summed E-state index contributed by atoms with van der Waals surface area (Å²) in [6, 6.07) is 13.5. The number of benzene rings is 2. The molecule has 1 unspecified atom stereocenters. The molecule has 1 N–H and O–H groups in total. The molecule has 0 spiro atoms. The van der Waals surface area contributed by atoms with Crippen molar-refractivity contribution in [3.05, 3.63) is 59.7 Å². The molecule has 0 saturated carbocycles. The fourth-order valence-electron chi connectivity index (χ4n) is 3.66. The molecule has 0 aliphatic heterocycles. The van der Waals surface area contributed by atoms with Gasteiger partial charge in [-0.1, -0.05) is 44.2 Å². The average molecular weight is 476 g/mol. The molecule has 0 fully saturated rings. The first-order chi connectivity index (χ1) is 15.7. The Morgan fingerprint density at radius 1 is 1.06 bits per heavy atom. The van der Waals surface area contributed by atoms with Crippen LogP contribution in [0.25, 0.3) is 0 Å².